The monoisotopic (exact) mass is 264 g/mol. The van der Waals surface area contributed by atoms with Gasteiger partial charge >= 0.3 is 6.03 Å². The second-order valence-electron chi connectivity index (χ2n) is 6.82. The molecule has 0 spiro atoms. The average Bonchev–Trinajstić information content (AvgIpc) is 2.48. The summed E-state index contributed by atoms with van der Waals surface area (Å²) in [4.78, 5) is 14.5. The fourth-order valence-corrected chi connectivity index (χ4v) is 4.30. The van der Waals surface area contributed by atoms with E-state index in [1.165, 1.54) is 64.2 Å². The summed E-state index contributed by atoms with van der Waals surface area (Å²) in [6.45, 7) is 2.00. The third-order valence-electron chi connectivity index (χ3n) is 5.51. The highest BCUT2D eigenvalue weighted by atomic mass is 16.2. The van der Waals surface area contributed by atoms with Gasteiger partial charge in [0.1, 0.15) is 0 Å². The first kappa shape index (κ1) is 13.3. The van der Waals surface area contributed by atoms with Crippen molar-refractivity contribution < 1.29 is 4.79 Å². The minimum Gasteiger partial charge on any atom is -0.335 e. The first-order chi connectivity index (χ1) is 9.33. The van der Waals surface area contributed by atoms with E-state index in [0.29, 0.717) is 6.04 Å². The van der Waals surface area contributed by atoms with Crippen molar-refractivity contribution in [2.75, 3.05) is 13.1 Å². The number of nitrogens with zero attached hydrogens (tertiary/aromatic N) is 1. The van der Waals surface area contributed by atoms with Crippen molar-refractivity contribution in [3.8, 4) is 0 Å². The van der Waals surface area contributed by atoms with Gasteiger partial charge in [-0.25, -0.2) is 4.79 Å². The number of amides is 2. The van der Waals surface area contributed by atoms with Crippen LogP contribution in [0.25, 0.3) is 0 Å². The number of likely N-dealkylation sites (tertiary alicyclic amines) is 1. The number of carbonyl (C=O) groups excluding carboxylic acids is 1. The largest absolute Gasteiger partial charge is 0.335 e. The van der Waals surface area contributed by atoms with Crippen LogP contribution < -0.4 is 5.32 Å². The first-order valence-corrected chi connectivity index (χ1v) is 8.38. The molecule has 3 nitrogen and oxygen atoms in total. The smallest absolute Gasteiger partial charge is 0.317 e. The molecule has 3 aliphatic rings. The molecule has 19 heavy (non-hydrogen) atoms. The van der Waals surface area contributed by atoms with Gasteiger partial charge in [0.15, 0.2) is 0 Å². The Balaban J connectivity index is 1.49. The van der Waals surface area contributed by atoms with Crippen molar-refractivity contribution in [1.29, 1.82) is 0 Å². The molecular formula is C16H28N2O. The molecule has 2 unspecified atom stereocenters. The SMILES string of the molecule is O=C(NC1CCCCC1)N1CCC2CCCCC2C1. The van der Waals surface area contributed by atoms with Crippen LogP contribution in [0.5, 0.6) is 0 Å². The molecule has 1 N–H and O–H groups in total. The van der Waals surface area contributed by atoms with Gasteiger partial charge in [0.25, 0.3) is 0 Å². The molecule has 0 aromatic carbocycles. The second-order valence-corrected chi connectivity index (χ2v) is 6.82. The fraction of sp³-hybridized carbons (Fsp3) is 0.938. The van der Waals surface area contributed by atoms with Crippen molar-refractivity contribution in [2.24, 2.45) is 11.8 Å². The molecule has 0 aromatic heterocycles. The van der Waals surface area contributed by atoms with Crippen LogP contribution in [0, 0.1) is 11.8 Å². The molecule has 2 aliphatic carbocycles. The Morgan fingerprint density at radius 1 is 0.842 bits per heavy atom. The normalized spacial score (nSPS) is 32.7. The minimum atomic E-state index is 0.218. The molecule has 0 aromatic rings. The van der Waals surface area contributed by atoms with Gasteiger partial charge in [-0.1, -0.05) is 38.5 Å². The quantitative estimate of drug-likeness (QED) is 0.772. The van der Waals surface area contributed by atoms with E-state index in [1.807, 2.05) is 0 Å². The predicted molar refractivity (Wildman–Crippen MR) is 77.0 cm³/mol. The fourth-order valence-electron chi connectivity index (χ4n) is 4.30. The molecule has 2 atom stereocenters. The minimum absolute atomic E-state index is 0.218. The number of nitrogens with one attached hydrogen (secondary N) is 1. The zero-order valence-electron chi connectivity index (χ0n) is 12.1. The van der Waals surface area contributed by atoms with Crippen LogP contribution in [0.3, 0.4) is 0 Å². The Morgan fingerprint density at radius 2 is 1.53 bits per heavy atom. The Kier molecular flexibility index (Phi) is 4.29. The molecule has 108 valence electrons. The molecule has 2 amide bonds. The van der Waals surface area contributed by atoms with E-state index in [-0.39, 0.29) is 6.03 Å². The van der Waals surface area contributed by atoms with Crippen LogP contribution in [-0.2, 0) is 0 Å². The summed E-state index contributed by atoms with van der Waals surface area (Å²) < 4.78 is 0. The number of carbonyl (C=O) groups is 1. The zero-order valence-corrected chi connectivity index (χ0v) is 12.1. The lowest BCUT2D eigenvalue weighted by atomic mass is 9.75. The molecule has 2 saturated carbocycles. The van der Waals surface area contributed by atoms with Crippen molar-refractivity contribution in [3.63, 3.8) is 0 Å². The van der Waals surface area contributed by atoms with Crippen molar-refractivity contribution in [1.82, 2.24) is 10.2 Å². The van der Waals surface area contributed by atoms with E-state index >= 15 is 0 Å². The van der Waals surface area contributed by atoms with Gasteiger partial charge in [0.2, 0.25) is 0 Å². The van der Waals surface area contributed by atoms with Gasteiger partial charge in [0, 0.05) is 19.1 Å². The highest BCUT2D eigenvalue weighted by Crippen LogP contribution is 2.36. The Bertz CT molecular complexity index is 312. The van der Waals surface area contributed by atoms with Gasteiger partial charge in [-0.15, -0.1) is 0 Å². The van der Waals surface area contributed by atoms with Gasteiger partial charge in [-0.05, 0) is 37.5 Å². The number of rotatable bonds is 1. The maximum absolute atomic E-state index is 12.4. The van der Waals surface area contributed by atoms with Crippen LogP contribution >= 0.6 is 0 Å². The lowest BCUT2D eigenvalue weighted by Gasteiger charge is -2.41. The zero-order chi connectivity index (χ0) is 13.1. The molecule has 0 radical (unpaired) electrons. The lowest BCUT2D eigenvalue weighted by molar-refractivity contribution is 0.0997. The number of piperidine rings is 1. The molecule has 1 heterocycles. The predicted octanol–water partition coefficient (Wildman–Crippen LogP) is 3.54. The third-order valence-corrected chi connectivity index (χ3v) is 5.51. The van der Waals surface area contributed by atoms with E-state index in [1.54, 1.807) is 0 Å². The van der Waals surface area contributed by atoms with Crippen LogP contribution in [-0.4, -0.2) is 30.1 Å². The van der Waals surface area contributed by atoms with Gasteiger partial charge in [0.05, 0.1) is 0 Å². The number of hydrogen-bond donors (Lipinski definition) is 1. The van der Waals surface area contributed by atoms with E-state index in [4.69, 9.17) is 0 Å². The summed E-state index contributed by atoms with van der Waals surface area (Å²) in [5.74, 6) is 1.70. The highest BCUT2D eigenvalue weighted by molar-refractivity contribution is 5.74. The molecule has 0 bridgehead atoms. The van der Waals surface area contributed by atoms with Crippen molar-refractivity contribution in [3.05, 3.63) is 0 Å². The molecule has 1 saturated heterocycles. The summed E-state index contributed by atoms with van der Waals surface area (Å²) >= 11 is 0. The summed E-state index contributed by atoms with van der Waals surface area (Å²) in [7, 11) is 0. The van der Waals surface area contributed by atoms with E-state index in [2.05, 4.69) is 10.2 Å². The Morgan fingerprint density at radius 3 is 2.32 bits per heavy atom. The average molecular weight is 264 g/mol. The number of hydrogen-bond acceptors (Lipinski definition) is 1. The van der Waals surface area contributed by atoms with E-state index in [9.17, 15) is 4.79 Å². The van der Waals surface area contributed by atoms with E-state index in [0.717, 1.165) is 24.9 Å². The molecule has 3 heteroatoms. The lowest BCUT2D eigenvalue weighted by Crippen LogP contribution is -2.51. The summed E-state index contributed by atoms with van der Waals surface area (Å²) in [6.07, 6.45) is 13.1. The first-order valence-electron chi connectivity index (χ1n) is 8.38. The maximum atomic E-state index is 12.4. The molecular weight excluding hydrogens is 236 g/mol. The van der Waals surface area contributed by atoms with Crippen LogP contribution in [0.1, 0.15) is 64.2 Å². The summed E-state index contributed by atoms with van der Waals surface area (Å²) in [5.41, 5.74) is 0. The molecule has 3 fully saturated rings. The number of urea groups is 1. The second kappa shape index (κ2) is 6.15. The Hall–Kier alpha value is -0.730. The van der Waals surface area contributed by atoms with Gasteiger partial charge < -0.3 is 10.2 Å². The van der Waals surface area contributed by atoms with E-state index < -0.39 is 0 Å². The standard InChI is InChI=1S/C16H28N2O/c19-16(17-15-8-2-1-3-9-15)18-11-10-13-6-4-5-7-14(13)12-18/h13-15H,1-12H2,(H,17,19). The van der Waals surface area contributed by atoms with Crippen LogP contribution in [0.15, 0.2) is 0 Å². The topological polar surface area (TPSA) is 32.3 Å². The maximum Gasteiger partial charge on any atom is 0.317 e. The third kappa shape index (κ3) is 3.24. The van der Waals surface area contributed by atoms with Gasteiger partial charge in [-0.3, -0.25) is 0 Å². The van der Waals surface area contributed by atoms with Crippen LogP contribution in [0.4, 0.5) is 4.79 Å². The number of fused-ring (bicyclic) bond motifs is 1. The van der Waals surface area contributed by atoms with Gasteiger partial charge in [-0.2, -0.15) is 0 Å². The van der Waals surface area contributed by atoms with Crippen molar-refractivity contribution >= 4 is 6.03 Å². The summed E-state index contributed by atoms with van der Waals surface area (Å²) in [5, 5.41) is 3.27. The van der Waals surface area contributed by atoms with Crippen molar-refractivity contribution in [2.45, 2.75) is 70.3 Å². The van der Waals surface area contributed by atoms with Crippen LogP contribution in [0.2, 0.25) is 0 Å². The molecule has 1 aliphatic heterocycles. The highest BCUT2D eigenvalue weighted by Gasteiger charge is 2.33. The Labute approximate surface area is 117 Å². The molecule has 3 rings (SSSR count). The summed E-state index contributed by atoms with van der Waals surface area (Å²) in [6, 6.07) is 0.668.